The summed E-state index contributed by atoms with van der Waals surface area (Å²) < 4.78 is 12.7. The van der Waals surface area contributed by atoms with E-state index in [2.05, 4.69) is 5.32 Å². The first-order chi connectivity index (χ1) is 8.99. The van der Waals surface area contributed by atoms with Crippen LogP contribution >= 0.6 is 0 Å². The van der Waals surface area contributed by atoms with E-state index in [1.165, 1.54) is 12.1 Å². The van der Waals surface area contributed by atoms with Crippen molar-refractivity contribution < 1.29 is 19.1 Å². The molecule has 1 unspecified atom stereocenters. The summed E-state index contributed by atoms with van der Waals surface area (Å²) in [6.07, 6.45) is 0.544. The Hall–Kier alpha value is -1.95. The van der Waals surface area contributed by atoms with E-state index in [9.17, 15) is 14.0 Å². The number of aliphatic carboxylic acids is 1. The van der Waals surface area contributed by atoms with Gasteiger partial charge < -0.3 is 16.2 Å². The largest absolute Gasteiger partial charge is 0.481 e. The molecule has 0 aliphatic rings. The Labute approximate surface area is 110 Å². The van der Waals surface area contributed by atoms with Crippen LogP contribution in [0.2, 0.25) is 0 Å². The summed E-state index contributed by atoms with van der Waals surface area (Å²) in [5, 5.41) is 11.1. The maximum atomic E-state index is 12.7. The molecule has 1 aromatic carbocycles. The van der Waals surface area contributed by atoms with Gasteiger partial charge in [0.1, 0.15) is 5.82 Å². The molecule has 0 radical (unpaired) electrons. The molecule has 19 heavy (non-hydrogen) atoms. The van der Waals surface area contributed by atoms with E-state index in [0.717, 1.165) is 5.56 Å². The molecule has 0 aromatic heterocycles. The molecule has 1 aromatic rings. The summed E-state index contributed by atoms with van der Waals surface area (Å²) in [6, 6.07) is 5.19. The summed E-state index contributed by atoms with van der Waals surface area (Å²) in [5.74, 6) is -1.65. The second-order valence-electron chi connectivity index (χ2n) is 4.21. The summed E-state index contributed by atoms with van der Waals surface area (Å²) in [6.45, 7) is 0.380. The van der Waals surface area contributed by atoms with E-state index >= 15 is 0 Å². The lowest BCUT2D eigenvalue weighted by molar-refractivity contribution is -0.137. The van der Waals surface area contributed by atoms with E-state index in [-0.39, 0.29) is 24.6 Å². The average Bonchev–Trinajstić information content (AvgIpc) is 2.38. The Kier molecular flexibility index (Phi) is 5.95. The van der Waals surface area contributed by atoms with Gasteiger partial charge in [-0.25, -0.2) is 4.39 Å². The zero-order chi connectivity index (χ0) is 14.3. The van der Waals surface area contributed by atoms with Gasteiger partial charge in [0, 0.05) is 13.0 Å². The van der Waals surface area contributed by atoms with Crippen molar-refractivity contribution in [1.29, 1.82) is 0 Å². The van der Waals surface area contributed by atoms with Gasteiger partial charge in [0.15, 0.2) is 0 Å². The minimum Gasteiger partial charge on any atom is -0.481 e. The first-order valence-corrected chi connectivity index (χ1v) is 5.98. The summed E-state index contributed by atoms with van der Waals surface area (Å²) in [4.78, 5) is 21.8. The second kappa shape index (κ2) is 7.48. The number of nitrogens with two attached hydrogens (primary N) is 1. The number of carbonyl (C=O) groups is 2. The van der Waals surface area contributed by atoms with Gasteiger partial charge in [-0.1, -0.05) is 12.1 Å². The number of rotatable bonds is 7. The molecular formula is C13H17FN2O3. The molecule has 0 saturated heterocycles. The predicted octanol–water partition coefficient (Wildman–Crippen LogP) is 0.677. The zero-order valence-corrected chi connectivity index (χ0v) is 10.4. The number of hydrogen-bond donors (Lipinski definition) is 3. The fraction of sp³-hybridized carbons (Fsp3) is 0.385. The van der Waals surface area contributed by atoms with Crippen LogP contribution in [0.15, 0.2) is 24.3 Å². The number of benzene rings is 1. The minimum atomic E-state index is -0.977. The molecule has 1 rings (SSSR count). The first kappa shape index (κ1) is 15.1. The number of halogens is 1. The number of nitrogens with one attached hydrogen (secondary N) is 1. The number of carboxylic acid groups (broad SMARTS) is 1. The van der Waals surface area contributed by atoms with Gasteiger partial charge >= 0.3 is 5.97 Å². The molecule has 1 atom stereocenters. The molecule has 104 valence electrons. The van der Waals surface area contributed by atoms with Crippen LogP contribution in [-0.2, 0) is 16.0 Å². The third-order valence-electron chi connectivity index (χ3n) is 2.63. The van der Waals surface area contributed by atoms with Crippen LogP contribution in [0.4, 0.5) is 4.39 Å². The summed E-state index contributed by atoms with van der Waals surface area (Å²) in [5.41, 5.74) is 6.44. The minimum absolute atomic E-state index is 0.109. The Morgan fingerprint density at radius 2 is 1.95 bits per heavy atom. The van der Waals surface area contributed by atoms with Crippen LogP contribution in [0.1, 0.15) is 18.4 Å². The van der Waals surface area contributed by atoms with E-state index in [1.807, 2.05) is 0 Å². The van der Waals surface area contributed by atoms with Gasteiger partial charge in [0.2, 0.25) is 5.91 Å². The fourth-order valence-corrected chi connectivity index (χ4v) is 1.52. The van der Waals surface area contributed by atoms with Crippen molar-refractivity contribution in [3.63, 3.8) is 0 Å². The van der Waals surface area contributed by atoms with Crippen molar-refractivity contribution in [1.82, 2.24) is 5.32 Å². The van der Waals surface area contributed by atoms with E-state index in [4.69, 9.17) is 10.8 Å². The van der Waals surface area contributed by atoms with Gasteiger partial charge in [-0.2, -0.15) is 0 Å². The van der Waals surface area contributed by atoms with Crippen LogP contribution < -0.4 is 11.1 Å². The van der Waals surface area contributed by atoms with Crippen molar-refractivity contribution in [2.45, 2.75) is 25.3 Å². The number of amides is 1. The Morgan fingerprint density at radius 1 is 1.32 bits per heavy atom. The highest BCUT2D eigenvalue weighted by atomic mass is 19.1. The van der Waals surface area contributed by atoms with Gasteiger partial charge in [-0.05, 0) is 30.5 Å². The lowest BCUT2D eigenvalue weighted by Gasteiger charge is -2.11. The molecule has 0 fully saturated rings. The average molecular weight is 268 g/mol. The van der Waals surface area contributed by atoms with E-state index in [1.54, 1.807) is 12.1 Å². The van der Waals surface area contributed by atoms with Crippen molar-refractivity contribution in [2.75, 3.05) is 6.54 Å². The summed E-state index contributed by atoms with van der Waals surface area (Å²) >= 11 is 0. The topological polar surface area (TPSA) is 92.4 Å². The van der Waals surface area contributed by atoms with Crippen molar-refractivity contribution >= 4 is 11.9 Å². The zero-order valence-electron chi connectivity index (χ0n) is 10.4. The first-order valence-electron chi connectivity index (χ1n) is 5.98. The van der Waals surface area contributed by atoms with Crippen LogP contribution in [0, 0.1) is 5.82 Å². The lowest BCUT2D eigenvalue weighted by Crippen LogP contribution is -2.41. The van der Waals surface area contributed by atoms with Crippen molar-refractivity contribution in [3.05, 3.63) is 35.6 Å². The molecule has 1 amide bonds. The number of carboxylic acids is 1. The number of carbonyl (C=O) groups excluding carboxylic acids is 1. The van der Waals surface area contributed by atoms with Gasteiger partial charge in [-0.15, -0.1) is 0 Å². The second-order valence-corrected chi connectivity index (χ2v) is 4.21. The van der Waals surface area contributed by atoms with Crippen LogP contribution in [0.25, 0.3) is 0 Å². The SMILES string of the molecule is NC(CCC(=O)O)C(=O)NCCc1ccc(F)cc1. The molecule has 4 N–H and O–H groups in total. The maximum Gasteiger partial charge on any atom is 0.303 e. The van der Waals surface area contributed by atoms with E-state index < -0.39 is 12.0 Å². The highest BCUT2D eigenvalue weighted by Crippen LogP contribution is 2.03. The van der Waals surface area contributed by atoms with Crippen LogP contribution in [0.3, 0.4) is 0 Å². The van der Waals surface area contributed by atoms with Crippen molar-refractivity contribution in [3.8, 4) is 0 Å². The molecule has 0 bridgehead atoms. The molecule has 0 heterocycles. The highest BCUT2D eigenvalue weighted by molar-refractivity contribution is 5.82. The molecular weight excluding hydrogens is 251 g/mol. The molecule has 5 nitrogen and oxygen atoms in total. The molecule has 0 spiro atoms. The van der Waals surface area contributed by atoms with E-state index in [0.29, 0.717) is 13.0 Å². The smallest absolute Gasteiger partial charge is 0.303 e. The van der Waals surface area contributed by atoms with Crippen LogP contribution in [0.5, 0.6) is 0 Å². The Morgan fingerprint density at radius 3 is 2.53 bits per heavy atom. The van der Waals surface area contributed by atoms with Gasteiger partial charge in [0.05, 0.1) is 6.04 Å². The fourth-order valence-electron chi connectivity index (χ4n) is 1.52. The Balaban J connectivity index is 2.26. The third kappa shape index (κ3) is 5.96. The van der Waals surface area contributed by atoms with Crippen LogP contribution in [-0.4, -0.2) is 29.6 Å². The summed E-state index contributed by atoms with van der Waals surface area (Å²) in [7, 11) is 0. The third-order valence-corrected chi connectivity index (χ3v) is 2.63. The molecule has 6 heteroatoms. The predicted molar refractivity (Wildman–Crippen MR) is 68.0 cm³/mol. The standard InChI is InChI=1S/C13H17FN2O3/c14-10-3-1-9(2-4-10)7-8-16-13(19)11(15)5-6-12(17)18/h1-4,11H,5-8,15H2,(H,16,19)(H,17,18). The highest BCUT2D eigenvalue weighted by Gasteiger charge is 2.14. The van der Waals surface area contributed by atoms with Gasteiger partial charge in [-0.3, -0.25) is 9.59 Å². The lowest BCUT2D eigenvalue weighted by atomic mass is 10.1. The van der Waals surface area contributed by atoms with Gasteiger partial charge in [0.25, 0.3) is 0 Å². The monoisotopic (exact) mass is 268 g/mol. The maximum absolute atomic E-state index is 12.7. The normalized spacial score (nSPS) is 11.9. The molecule has 0 aliphatic heterocycles. The molecule has 0 saturated carbocycles. The van der Waals surface area contributed by atoms with Crippen molar-refractivity contribution in [2.24, 2.45) is 5.73 Å². The quantitative estimate of drug-likeness (QED) is 0.678. The molecule has 0 aliphatic carbocycles. The number of hydrogen-bond acceptors (Lipinski definition) is 3. The Bertz CT molecular complexity index is 434.